The normalized spacial score (nSPS) is 15.0. The number of hydrogen-bond donors (Lipinski definition) is 4. The monoisotopic (exact) mass is 419 g/mol. The third-order valence-electron chi connectivity index (χ3n) is 4.91. The van der Waals surface area contributed by atoms with Crippen LogP contribution in [-0.2, 0) is 4.79 Å². The standard InChI is InChI=1S/C23H22FN5O2/c1-29-11-9-16(14-29)23(31)28-19-6-7-21(20(24)12-19)26-17-2-4-18(5-3-17)27-22(30)15-8-10-25-13-15/h2-13,16,25-26H,14H2,1H3,(H,27,30)(H,28,31). The molecule has 0 radical (unpaired) electrons. The topological polar surface area (TPSA) is 89.3 Å². The zero-order valence-electron chi connectivity index (χ0n) is 16.9. The van der Waals surface area contributed by atoms with Crippen LogP contribution in [0.15, 0.2) is 73.2 Å². The second kappa shape index (κ2) is 8.74. The number of aromatic nitrogens is 1. The highest BCUT2D eigenvalue weighted by atomic mass is 19.1. The van der Waals surface area contributed by atoms with Gasteiger partial charge < -0.3 is 25.8 Å². The summed E-state index contributed by atoms with van der Waals surface area (Å²) >= 11 is 0. The SMILES string of the molecule is CN1C=CC(C(=O)Nc2ccc(Nc3ccc(NC(=O)c4cc[nH]c4)cc3)c(F)c2)C1. The van der Waals surface area contributed by atoms with Crippen molar-refractivity contribution in [3.8, 4) is 0 Å². The fourth-order valence-electron chi connectivity index (χ4n) is 3.24. The van der Waals surface area contributed by atoms with Crippen LogP contribution in [-0.4, -0.2) is 35.3 Å². The fraction of sp³-hybridized carbons (Fsp3) is 0.130. The molecule has 158 valence electrons. The Balaban J connectivity index is 1.36. The number of carbonyl (C=O) groups is 2. The Morgan fingerprint density at radius 1 is 1.03 bits per heavy atom. The number of nitrogens with one attached hydrogen (secondary N) is 4. The van der Waals surface area contributed by atoms with Gasteiger partial charge in [0.05, 0.1) is 17.2 Å². The van der Waals surface area contributed by atoms with E-state index in [1.54, 1.807) is 54.9 Å². The molecule has 2 heterocycles. The highest BCUT2D eigenvalue weighted by molar-refractivity contribution is 6.04. The molecule has 3 aromatic rings. The van der Waals surface area contributed by atoms with Crippen molar-refractivity contribution in [1.82, 2.24) is 9.88 Å². The fourth-order valence-corrected chi connectivity index (χ4v) is 3.24. The molecule has 2 aromatic carbocycles. The van der Waals surface area contributed by atoms with E-state index >= 15 is 0 Å². The van der Waals surface area contributed by atoms with Crippen molar-refractivity contribution >= 4 is 34.6 Å². The number of H-pyrrole nitrogens is 1. The van der Waals surface area contributed by atoms with E-state index in [0.717, 1.165) is 0 Å². The average Bonchev–Trinajstić information content (AvgIpc) is 3.43. The summed E-state index contributed by atoms with van der Waals surface area (Å²) in [6, 6.07) is 13.1. The lowest BCUT2D eigenvalue weighted by Crippen LogP contribution is -2.25. The molecular weight excluding hydrogens is 397 g/mol. The summed E-state index contributed by atoms with van der Waals surface area (Å²) in [4.78, 5) is 29.1. The number of hydrogen-bond acceptors (Lipinski definition) is 4. The van der Waals surface area contributed by atoms with Crippen molar-refractivity contribution < 1.29 is 14.0 Å². The van der Waals surface area contributed by atoms with Gasteiger partial charge in [-0.3, -0.25) is 9.59 Å². The number of amides is 2. The van der Waals surface area contributed by atoms with Crippen molar-refractivity contribution in [3.63, 3.8) is 0 Å². The summed E-state index contributed by atoms with van der Waals surface area (Å²) in [5, 5.41) is 8.53. The quantitative estimate of drug-likeness (QED) is 0.483. The van der Waals surface area contributed by atoms with Crippen LogP contribution in [0.1, 0.15) is 10.4 Å². The van der Waals surface area contributed by atoms with Crippen LogP contribution >= 0.6 is 0 Å². The van der Waals surface area contributed by atoms with Crippen molar-refractivity contribution in [2.24, 2.45) is 5.92 Å². The number of halogens is 1. The van der Waals surface area contributed by atoms with E-state index in [-0.39, 0.29) is 23.4 Å². The number of aromatic amines is 1. The Morgan fingerprint density at radius 3 is 2.42 bits per heavy atom. The summed E-state index contributed by atoms with van der Waals surface area (Å²) in [5.41, 5.74) is 2.50. The highest BCUT2D eigenvalue weighted by Gasteiger charge is 2.21. The van der Waals surface area contributed by atoms with E-state index in [4.69, 9.17) is 0 Å². The summed E-state index contributed by atoms with van der Waals surface area (Å²) in [5.74, 6) is -1.12. The number of nitrogens with zero attached hydrogens (tertiary/aromatic N) is 1. The number of anilines is 4. The van der Waals surface area contributed by atoms with E-state index in [1.807, 2.05) is 24.2 Å². The smallest absolute Gasteiger partial charge is 0.257 e. The lowest BCUT2D eigenvalue weighted by molar-refractivity contribution is -0.118. The minimum atomic E-state index is -0.485. The van der Waals surface area contributed by atoms with Crippen molar-refractivity contribution in [3.05, 3.63) is 84.6 Å². The molecule has 0 bridgehead atoms. The molecule has 4 rings (SSSR count). The van der Waals surface area contributed by atoms with Gasteiger partial charge in [-0.15, -0.1) is 0 Å². The van der Waals surface area contributed by atoms with E-state index < -0.39 is 5.82 Å². The molecule has 8 heteroatoms. The molecule has 1 aliphatic rings. The van der Waals surface area contributed by atoms with Gasteiger partial charge in [0, 0.05) is 43.0 Å². The largest absolute Gasteiger partial charge is 0.380 e. The molecule has 31 heavy (non-hydrogen) atoms. The molecule has 1 aliphatic heterocycles. The molecule has 0 saturated carbocycles. The van der Waals surface area contributed by atoms with Crippen LogP contribution in [0.5, 0.6) is 0 Å². The van der Waals surface area contributed by atoms with Gasteiger partial charge in [-0.2, -0.15) is 0 Å². The van der Waals surface area contributed by atoms with Gasteiger partial charge in [-0.05, 0) is 54.7 Å². The predicted octanol–water partition coefficient (Wildman–Crippen LogP) is 4.16. The molecule has 1 unspecified atom stereocenters. The Hall–Kier alpha value is -4.07. The molecule has 0 spiro atoms. The minimum Gasteiger partial charge on any atom is -0.380 e. The van der Waals surface area contributed by atoms with Crippen LogP contribution in [0.3, 0.4) is 0 Å². The maximum absolute atomic E-state index is 14.5. The van der Waals surface area contributed by atoms with Crippen molar-refractivity contribution in [1.29, 1.82) is 0 Å². The van der Waals surface area contributed by atoms with Crippen LogP contribution in [0.2, 0.25) is 0 Å². The first-order valence-electron chi connectivity index (χ1n) is 9.78. The van der Waals surface area contributed by atoms with Gasteiger partial charge in [0.2, 0.25) is 5.91 Å². The van der Waals surface area contributed by atoms with Crippen molar-refractivity contribution in [2.45, 2.75) is 0 Å². The van der Waals surface area contributed by atoms with Crippen molar-refractivity contribution in [2.75, 3.05) is 29.5 Å². The van der Waals surface area contributed by atoms with Gasteiger partial charge in [-0.25, -0.2) is 4.39 Å². The second-order valence-electron chi connectivity index (χ2n) is 7.33. The van der Waals surface area contributed by atoms with Gasteiger partial charge in [0.1, 0.15) is 5.82 Å². The number of rotatable bonds is 6. The molecule has 1 aromatic heterocycles. The van der Waals surface area contributed by atoms with Crippen LogP contribution in [0, 0.1) is 11.7 Å². The van der Waals surface area contributed by atoms with Crippen LogP contribution in [0.4, 0.5) is 27.1 Å². The van der Waals surface area contributed by atoms with E-state index in [9.17, 15) is 14.0 Å². The molecule has 1 atom stereocenters. The summed E-state index contributed by atoms with van der Waals surface area (Å²) in [6.45, 7) is 0.607. The summed E-state index contributed by atoms with van der Waals surface area (Å²) < 4.78 is 14.5. The third kappa shape index (κ3) is 4.92. The van der Waals surface area contributed by atoms with Gasteiger partial charge in [-0.1, -0.05) is 6.08 Å². The summed E-state index contributed by atoms with van der Waals surface area (Å²) in [7, 11) is 1.90. The van der Waals surface area contributed by atoms with E-state index in [0.29, 0.717) is 29.2 Å². The first kappa shape index (κ1) is 20.2. The Labute approximate surface area is 179 Å². The van der Waals surface area contributed by atoms with Crippen LogP contribution in [0.25, 0.3) is 0 Å². The summed E-state index contributed by atoms with van der Waals surface area (Å²) in [6.07, 6.45) is 6.97. The average molecular weight is 419 g/mol. The Kier molecular flexibility index (Phi) is 5.70. The Morgan fingerprint density at radius 2 is 1.77 bits per heavy atom. The lowest BCUT2D eigenvalue weighted by atomic mass is 10.1. The molecule has 4 N–H and O–H groups in total. The molecule has 0 fully saturated rings. The van der Waals surface area contributed by atoms with Crippen LogP contribution < -0.4 is 16.0 Å². The molecule has 2 amide bonds. The van der Waals surface area contributed by atoms with Gasteiger partial charge in [0.25, 0.3) is 5.91 Å². The van der Waals surface area contributed by atoms with Gasteiger partial charge in [0.15, 0.2) is 0 Å². The zero-order valence-corrected chi connectivity index (χ0v) is 16.9. The lowest BCUT2D eigenvalue weighted by Gasteiger charge is -2.14. The molecular formula is C23H22FN5O2. The highest BCUT2D eigenvalue weighted by Crippen LogP contribution is 2.25. The first-order valence-corrected chi connectivity index (χ1v) is 9.78. The Bertz CT molecular complexity index is 1110. The first-order chi connectivity index (χ1) is 15.0. The number of carbonyl (C=O) groups excluding carboxylic acids is 2. The molecule has 7 nitrogen and oxygen atoms in total. The maximum atomic E-state index is 14.5. The van der Waals surface area contributed by atoms with Gasteiger partial charge >= 0.3 is 0 Å². The minimum absolute atomic E-state index is 0.169. The molecule has 0 saturated heterocycles. The predicted molar refractivity (Wildman–Crippen MR) is 119 cm³/mol. The van der Waals surface area contributed by atoms with E-state index in [2.05, 4.69) is 20.9 Å². The number of benzene rings is 2. The maximum Gasteiger partial charge on any atom is 0.257 e. The third-order valence-corrected chi connectivity index (χ3v) is 4.91. The van der Waals surface area contributed by atoms with E-state index in [1.165, 1.54) is 6.07 Å². The second-order valence-corrected chi connectivity index (χ2v) is 7.33. The molecule has 0 aliphatic carbocycles. The zero-order chi connectivity index (χ0) is 21.8.